The molecule has 318 valence electrons. The van der Waals surface area contributed by atoms with E-state index in [2.05, 4.69) is 57.0 Å². The van der Waals surface area contributed by atoms with Gasteiger partial charge in [0.1, 0.15) is 30.3 Å². The fraction of sp³-hybridized carbons (Fsp3) is 0.565. The summed E-state index contributed by atoms with van der Waals surface area (Å²) in [6.45, 7) is 21.2. The Kier molecular flexibility index (Phi) is 15.2. The molecular weight excluding hydrogens is 792 g/mol. The third-order valence-electron chi connectivity index (χ3n) is 11.3. The number of carbonyl (C=O) groups excluding carboxylic acids is 2. The first-order valence-electron chi connectivity index (χ1n) is 20.6. The maximum absolute atomic E-state index is 15.0. The van der Waals surface area contributed by atoms with Crippen LogP contribution in [-0.2, 0) is 27.2 Å². The Hall–Kier alpha value is -3.44. The van der Waals surface area contributed by atoms with Gasteiger partial charge in [-0.3, -0.25) is 4.79 Å². The number of methoxy groups -OCH3 is 1. The highest BCUT2D eigenvalue weighted by atomic mass is 35.5. The number of halogens is 2. The van der Waals surface area contributed by atoms with E-state index in [1.165, 1.54) is 5.56 Å². The molecule has 0 radical (unpaired) electrons. The van der Waals surface area contributed by atoms with Gasteiger partial charge in [-0.15, -0.1) is 0 Å². The number of hydrogen-bond donors (Lipinski definition) is 0. The number of ether oxygens (including phenoxy) is 4. The number of carbonyl (C=O) groups is 2. The van der Waals surface area contributed by atoms with Gasteiger partial charge in [-0.05, 0) is 143 Å². The molecule has 3 aromatic carbocycles. The number of hydrogen-bond acceptors (Lipinski definition) is 7. The normalized spacial score (nSPS) is 17.5. The van der Waals surface area contributed by atoms with E-state index in [-0.39, 0.29) is 36.1 Å². The number of aryl methyl sites for hydroxylation is 2. The monoisotopic (exact) mass is 854 g/mol. The molecule has 2 aliphatic rings. The quantitative estimate of drug-likeness (QED) is 0.105. The number of likely N-dealkylation sites (tertiary alicyclic amines) is 1. The number of piperidine rings is 1. The van der Waals surface area contributed by atoms with Gasteiger partial charge in [0.25, 0.3) is 0 Å². The van der Waals surface area contributed by atoms with Gasteiger partial charge >= 0.3 is 6.09 Å². The molecular formula is C46H64Cl2N2O7Si. The third kappa shape index (κ3) is 12.5. The lowest BCUT2D eigenvalue weighted by molar-refractivity contribution is -0.139. The Balaban J connectivity index is 1.37. The summed E-state index contributed by atoms with van der Waals surface area (Å²) in [5, 5.41) is 0.960. The first-order valence-corrected chi connectivity index (χ1v) is 24.3. The van der Waals surface area contributed by atoms with Crippen molar-refractivity contribution < 1.29 is 33.0 Å². The predicted octanol–water partition coefficient (Wildman–Crippen LogP) is 11.3. The topological polar surface area (TPSA) is 86.8 Å². The van der Waals surface area contributed by atoms with Gasteiger partial charge in [-0.1, -0.05) is 62.2 Å². The minimum atomic E-state index is -2.12. The van der Waals surface area contributed by atoms with Crippen molar-refractivity contribution in [3.05, 3.63) is 86.9 Å². The zero-order chi connectivity index (χ0) is 42.4. The molecule has 2 atom stereocenters. The van der Waals surface area contributed by atoms with Crippen molar-refractivity contribution in [3.63, 3.8) is 0 Å². The number of amides is 2. The fourth-order valence-electron chi connectivity index (χ4n) is 7.11. The Morgan fingerprint density at radius 2 is 1.48 bits per heavy atom. The largest absolute Gasteiger partial charge is 0.543 e. The Bertz CT molecular complexity index is 1850. The van der Waals surface area contributed by atoms with Crippen LogP contribution in [0.2, 0.25) is 28.2 Å². The highest BCUT2D eigenvalue weighted by molar-refractivity contribution is 6.74. The van der Waals surface area contributed by atoms with E-state index >= 15 is 4.79 Å². The first kappa shape index (κ1) is 45.6. The van der Waals surface area contributed by atoms with E-state index in [1.807, 2.05) is 64.1 Å². The highest BCUT2D eigenvalue weighted by Gasteiger charge is 2.44. The summed E-state index contributed by atoms with van der Waals surface area (Å²) in [5.74, 6) is 1.48. The fourth-order valence-corrected chi connectivity index (χ4v) is 8.83. The molecule has 0 aromatic heterocycles. The van der Waals surface area contributed by atoms with Gasteiger partial charge in [-0.2, -0.15) is 0 Å². The van der Waals surface area contributed by atoms with Crippen molar-refractivity contribution >= 4 is 43.5 Å². The summed E-state index contributed by atoms with van der Waals surface area (Å²) in [4.78, 5) is 32.2. The molecule has 1 heterocycles. The molecule has 0 N–H and O–H groups in total. The van der Waals surface area contributed by atoms with Gasteiger partial charge in [0, 0.05) is 39.4 Å². The van der Waals surface area contributed by atoms with Gasteiger partial charge in [-0.25, -0.2) is 4.79 Å². The van der Waals surface area contributed by atoms with Crippen LogP contribution in [0.4, 0.5) is 4.79 Å². The molecule has 0 bridgehead atoms. The Morgan fingerprint density at radius 3 is 2.09 bits per heavy atom. The summed E-state index contributed by atoms with van der Waals surface area (Å²) >= 11 is 12.7. The van der Waals surface area contributed by atoms with E-state index < -0.39 is 25.9 Å². The van der Waals surface area contributed by atoms with Crippen LogP contribution in [0, 0.1) is 12.8 Å². The maximum atomic E-state index is 15.0. The Morgan fingerprint density at radius 1 is 0.845 bits per heavy atom. The van der Waals surface area contributed by atoms with Crippen LogP contribution in [0.25, 0.3) is 0 Å². The lowest BCUT2D eigenvalue weighted by atomic mass is 9.79. The van der Waals surface area contributed by atoms with Crippen molar-refractivity contribution in [1.82, 2.24) is 9.80 Å². The standard InChI is InChI=1S/C46H64Cl2N2O7Si/c1-31-24-40(47)42(41(48)25-31)55-23-22-54-36-17-13-34(14-18-36)38-19-20-49(44(52)56-45(2,3)4)30-39(38)43(51)50(35-15-16-35)29-33-26-32(12-11-21-53-8)27-37(28-33)57-58(9,10)46(5,6)7/h13-14,17-18,24-28,35,38-39H,11-12,15-16,19-23,29-30H2,1-10H3/t38-,39+/m1/s1. The third-order valence-corrected chi connectivity index (χ3v) is 16.2. The van der Waals surface area contributed by atoms with Crippen molar-refractivity contribution in [3.8, 4) is 17.2 Å². The molecule has 2 amide bonds. The van der Waals surface area contributed by atoms with Gasteiger partial charge < -0.3 is 33.2 Å². The molecule has 58 heavy (non-hydrogen) atoms. The van der Waals surface area contributed by atoms with Gasteiger partial charge in [0.2, 0.25) is 14.2 Å². The molecule has 1 saturated carbocycles. The molecule has 1 aliphatic carbocycles. The lowest BCUT2D eigenvalue weighted by Crippen LogP contribution is -2.51. The highest BCUT2D eigenvalue weighted by Crippen LogP contribution is 2.41. The van der Waals surface area contributed by atoms with E-state index in [0.29, 0.717) is 54.3 Å². The zero-order valence-electron chi connectivity index (χ0n) is 36.2. The van der Waals surface area contributed by atoms with Gasteiger partial charge in [0.15, 0.2) is 5.75 Å². The minimum Gasteiger partial charge on any atom is -0.543 e. The lowest BCUT2D eigenvalue weighted by Gasteiger charge is -2.40. The summed E-state index contributed by atoms with van der Waals surface area (Å²) in [5.41, 5.74) is 3.57. The molecule has 0 spiro atoms. The summed E-state index contributed by atoms with van der Waals surface area (Å²) in [6.07, 6.45) is 3.89. The van der Waals surface area contributed by atoms with E-state index in [4.69, 9.17) is 46.6 Å². The summed E-state index contributed by atoms with van der Waals surface area (Å²) < 4.78 is 29.9. The second-order valence-corrected chi connectivity index (χ2v) is 23.9. The van der Waals surface area contributed by atoms with Crippen molar-refractivity contribution in [2.75, 3.05) is 40.0 Å². The number of benzene rings is 3. The molecule has 3 aromatic rings. The summed E-state index contributed by atoms with van der Waals surface area (Å²) in [7, 11) is -0.397. The molecule has 2 fully saturated rings. The van der Waals surface area contributed by atoms with Gasteiger partial charge in [0.05, 0.1) is 16.0 Å². The van der Waals surface area contributed by atoms with Crippen LogP contribution in [0.15, 0.2) is 54.6 Å². The SMILES string of the molecule is COCCCc1cc(CN(C(=O)[C@H]2CN(C(=O)OC(C)(C)C)CC[C@@H]2c2ccc(OCCOc3c(Cl)cc(C)cc3Cl)cc2)C2CC2)cc(O[Si](C)(C)C(C)(C)C)c1. The van der Waals surface area contributed by atoms with Crippen molar-refractivity contribution in [2.45, 2.75) is 123 Å². The number of rotatable bonds is 16. The first-order chi connectivity index (χ1) is 27.2. The van der Waals surface area contributed by atoms with Crippen molar-refractivity contribution in [2.24, 2.45) is 5.92 Å². The minimum absolute atomic E-state index is 0.0370. The van der Waals surface area contributed by atoms with Crippen LogP contribution >= 0.6 is 23.2 Å². The predicted molar refractivity (Wildman–Crippen MR) is 235 cm³/mol. The molecule has 9 nitrogen and oxygen atoms in total. The van der Waals surface area contributed by atoms with E-state index in [0.717, 1.165) is 48.1 Å². The van der Waals surface area contributed by atoms with E-state index in [9.17, 15) is 4.79 Å². The second-order valence-electron chi connectivity index (χ2n) is 18.4. The Labute approximate surface area is 357 Å². The molecule has 0 unspecified atom stereocenters. The second kappa shape index (κ2) is 19.3. The van der Waals surface area contributed by atoms with Crippen LogP contribution < -0.4 is 13.9 Å². The van der Waals surface area contributed by atoms with Crippen LogP contribution in [0.3, 0.4) is 0 Å². The van der Waals surface area contributed by atoms with Crippen LogP contribution in [0.5, 0.6) is 17.2 Å². The van der Waals surface area contributed by atoms with Crippen LogP contribution in [0.1, 0.15) is 95.4 Å². The van der Waals surface area contributed by atoms with E-state index in [1.54, 1.807) is 12.0 Å². The zero-order valence-corrected chi connectivity index (χ0v) is 38.7. The van der Waals surface area contributed by atoms with Crippen molar-refractivity contribution in [1.29, 1.82) is 0 Å². The summed E-state index contributed by atoms with van der Waals surface area (Å²) in [6, 6.07) is 18.2. The molecule has 1 aliphatic heterocycles. The average Bonchev–Trinajstić information content (AvgIpc) is 3.97. The average molecular weight is 856 g/mol. The number of nitrogens with zero attached hydrogens (tertiary/aromatic N) is 2. The van der Waals surface area contributed by atoms with Crippen LogP contribution in [-0.4, -0.2) is 81.8 Å². The molecule has 5 rings (SSSR count). The smallest absolute Gasteiger partial charge is 0.410 e. The molecule has 12 heteroatoms. The molecule has 1 saturated heterocycles. The maximum Gasteiger partial charge on any atom is 0.410 e.